The van der Waals surface area contributed by atoms with Crippen LogP contribution in [0, 0.1) is 0 Å². The molecule has 0 spiro atoms. The Kier molecular flexibility index (Phi) is 16.2. The van der Waals surface area contributed by atoms with Gasteiger partial charge in [0, 0.05) is 27.0 Å². The summed E-state index contributed by atoms with van der Waals surface area (Å²) in [7, 11) is 1.59. The summed E-state index contributed by atoms with van der Waals surface area (Å²) in [6, 6.07) is 13.4. The smallest absolute Gasteiger partial charge is 0.258 e. The molecule has 0 saturated carbocycles. The van der Waals surface area contributed by atoms with E-state index in [4.69, 9.17) is 20.1 Å². The maximum atomic E-state index is 13.3. The molecule has 200 valence electrons. The number of benzene rings is 2. The van der Waals surface area contributed by atoms with Gasteiger partial charge in [0.25, 0.3) is 5.91 Å². The van der Waals surface area contributed by atoms with Crippen LogP contribution in [0.3, 0.4) is 0 Å². The van der Waals surface area contributed by atoms with Crippen molar-refractivity contribution >= 4 is 69.7 Å². The van der Waals surface area contributed by atoms with E-state index >= 15 is 0 Å². The molecule has 2 atom stereocenters. The average molecular weight is 744 g/mol. The van der Waals surface area contributed by atoms with Crippen molar-refractivity contribution < 1.29 is 19.0 Å². The Morgan fingerprint density at radius 3 is 2.06 bits per heavy atom. The second-order valence-electron chi connectivity index (χ2n) is 8.19. The molecular formula is C26H36ClI2N3O4. The lowest BCUT2D eigenvalue weighted by Crippen LogP contribution is -2.46. The number of unbranched alkanes of at least 4 members (excludes halogenated alkanes) is 2. The van der Waals surface area contributed by atoms with E-state index in [1.165, 1.54) is 0 Å². The molecule has 7 nitrogen and oxygen atoms in total. The van der Waals surface area contributed by atoms with Crippen LogP contribution < -0.4 is 20.1 Å². The maximum Gasteiger partial charge on any atom is 0.258 e. The quantitative estimate of drug-likeness (QED) is 0.0593. The van der Waals surface area contributed by atoms with E-state index < -0.39 is 0 Å². The van der Waals surface area contributed by atoms with Crippen LogP contribution in [0.25, 0.3) is 0 Å². The summed E-state index contributed by atoms with van der Waals surface area (Å²) in [6.07, 6.45) is 4.43. The highest BCUT2D eigenvalue weighted by Gasteiger charge is 2.27. The van der Waals surface area contributed by atoms with Crippen molar-refractivity contribution in [3.05, 3.63) is 53.6 Å². The minimum atomic E-state index is -0.0103. The number of carbonyl (C=O) groups is 1. The van der Waals surface area contributed by atoms with Crippen LogP contribution in [-0.4, -0.2) is 58.3 Å². The van der Waals surface area contributed by atoms with E-state index in [0.717, 1.165) is 39.4 Å². The highest BCUT2D eigenvalue weighted by atomic mass is 127. The Hall–Kier alpha value is -1.47. The molecule has 0 heterocycles. The summed E-state index contributed by atoms with van der Waals surface area (Å²) in [4.78, 5) is 15.3. The predicted molar refractivity (Wildman–Crippen MR) is 166 cm³/mol. The number of nitrogens with zero attached hydrogens (tertiary/aromatic N) is 2. The summed E-state index contributed by atoms with van der Waals surface area (Å²) in [5.41, 5.74) is 1.50. The van der Waals surface area contributed by atoms with Crippen LogP contribution in [0.15, 0.2) is 47.6 Å². The largest absolute Gasteiger partial charge is 0.496 e. The van der Waals surface area contributed by atoms with Crippen molar-refractivity contribution in [1.29, 1.82) is 0 Å². The second-order valence-corrected chi connectivity index (χ2v) is 9.95. The van der Waals surface area contributed by atoms with Crippen LogP contribution in [0.1, 0.15) is 49.0 Å². The summed E-state index contributed by atoms with van der Waals surface area (Å²) in [5, 5.41) is 3.51. The third-order valence-corrected chi connectivity index (χ3v) is 8.01. The SMILES string of the molecule is COc1cc(OCCCCCOc2ccc(C=NN)cc2)ccc1C(=O)N(C(C)CI)C(C)CI.Cl. The first-order valence-corrected chi connectivity index (χ1v) is 14.7. The van der Waals surface area contributed by atoms with E-state index in [2.05, 4.69) is 64.1 Å². The van der Waals surface area contributed by atoms with Gasteiger partial charge in [-0.25, -0.2) is 0 Å². The van der Waals surface area contributed by atoms with Crippen molar-refractivity contribution in [3.8, 4) is 17.2 Å². The first-order valence-electron chi connectivity index (χ1n) is 11.7. The van der Waals surface area contributed by atoms with Gasteiger partial charge in [-0.1, -0.05) is 45.2 Å². The Balaban J connectivity index is 0.00000648. The van der Waals surface area contributed by atoms with Crippen molar-refractivity contribution in [2.24, 2.45) is 10.9 Å². The lowest BCUT2D eigenvalue weighted by Gasteiger charge is -2.33. The van der Waals surface area contributed by atoms with Crippen molar-refractivity contribution in [1.82, 2.24) is 4.90 Å². The fraction of sp³-hybridized carbons (Fsp3) is 0.462. The molecular weight excluding hydrogens is 708 g/mol. The number of hydrogen-bond acceptors (Lipinski definition) is 6. The van der Waals surface area contributed by atoms with Crippen molar-refractivity contribution in [2.75, 3.05) is 29.2 Å². The highest BCUT2D eigenvalue weighted by molar-refractivity contribution is 14.1. The Bertz CT molecular complexity index is 937. The van der Waals surface area contributed by atoms with Crippen LogP contribution in [-0.2, 0) is 0 Å². The van der Waals surface area contributed by atoms with E-state index in [-0.39, 0.29) is 30.4 Å². The molecule has 0 aromatic heterocycles. The monoisotopic (exact) mass is 743 g/mol. The number of methoxy groups -OCH3 is 1. The molecule has 0 aliphatic carbocycles. The number of hydrogen-bond donors (Lipinski definition) is 1. The van der Waals surface area contributed by atoms with Gasteiger partial charge in [-0.15, -0.1) is 12.4 Å². The number of hydrazone groups is 1. The minimum absolute atomic E-state index is 0. The van der Waals surface area contributed by atoms with Crippen LogP contribution in [0.5, 0.6) is 17.2 Å². The van der Waals surface area contributed by atoms with Crippen LogP contribution >= 0.6 is 57.6 Å². The normalized spacial score (nSPS) is 12.5. The lowest BCUT2D eigenvalue weighted by molar-refractivity contribution is 0.0653. The second kappa shape index (κ2) is 17.9. The van der Waals surface area contributed by atoms with Crippen molar-refractivity contribution in [3.63, 3.8) is 0 Å². The van der Waals surface area contributed by atoms with Gasteiger partial charge < -0.3 is 25.0 Å². The molecule has 2 N–H and O–H groups in total. The molecule has 2 aromatic rings. The van der Waals surface area contributed by atoms with Gasteiger partial charge in [-0.05, 0) is 75.1 Å². The summed E-state index contributed by atoms with van der Waals surface area (Å²) >= 11 is 4.65. The molecule has 1 amide bonds. The summed E-state index contributed by atoms with van der Waals surface area (Å²) in [6.45, 7) is 5.40. The number of ether oxygens (including phenoxy) is 3. The minimum Gasteiger partial charge on any atom is -0.496 e. The zero-order valence-corrected chi connectivity index (χ0v) is 26.1. The number of alkyl halides is 2. The molecule has 2 rings (SSSR count). The number of nitrogens with two attached hydrogens (primary N) is 1. The number of halogens is 3. The molecule has 36 heavy (non-hydrogen) atoms. The third-order valence-electron chi connectivity index (χ3n) is 5.46. The molecule has 0 radical (unpaired) electrons. The van der Waals surface area contributed by atoms with Gasteiger partial charge in [0.05, 0.1) is 32.1 Å². The summed E-state index contributed by atoms with van der Waals surface area (Å²) in [5.74, 6) is 7.21. The fourth-order valence-corrected chi connectivity index (χ4v) is 4.41. The highest BCUT2D eigenvalue weighted by Crippen LogP contribution is 2.28. The van der Waals surface area contributed by atoms with Gasteiger partial charge >= 0.3 is 0 Å². The van der Waals surface area contributed by atoms with Gasteiger partial charge in [0.2, 0.25) is 0 Å². The lowest BCUT2D eigenvalue weighted by atomic mass is 10.1. The maximum absolute atomic E-state index is 13.3. The zero-order valence-electron chi connectivity index (χ0n) is 21.0. The molecule has 0 saturated heterocycles. The van der Waals surface area contributed by atoms with Crippen LogP contribution in [0.2, 0.25) is 0 Å². The third kappa shape index (κ3) is 10.1. The number of amides is 1. The first-order chi connectivity index (χ1) is 16.9. The average Bonchev–Trinajstić information content (AvgIpc) is 2.88. The molecule has 2 aromatic carbocycles. The predicted octanol–water partition coefficient (Wildman–Crippen LogP) is 6.13. The first kappa shape index (κ1) is 32.6. The Morgan fingerprint density at radius 2 is 1.53 bits per heavy atom. The van der Waals surface area contributed by atoms with Gasteiger partial charge in [-0.3, -0.25) is 4.79 Å². The van der Waals surface area contributed by atoms with Gasteiger partial charge in [0.15, 0.2) is 0 Å². The molecule has 10 heteroatoms. The topological polar surface area (TPSA) is 86.4 Å². The number of carbonyl (C=O) groups excluding carboxylic acids is 1. The Morgan fingerprint density at radius 1 is 0.972 bits per heavy atom. The molecule has 0 fully saturated rings. The van der Waals surface area contributed by atoms with E-state index in [9.17, 15) is 4.79 Å². The Labute approximate surface area is 248 Å². The fourth-order valence-electron chi connectivity index (χ4n) is 3.56. The molecule has 0 bridgehead atoms. The van der Waals surface area contributed by atoms with E-state index in [0.29, 0.717) is 30.3 Å². The molecule has 0 aliphatic rings. The summed E-state index contributed by atoms with van der Waals surface area (Å²) < 4.78 is 19.0. The van der Waals surface area contributed by atoms with E-state index in [1.54, 1.807) is 19.4 Å². The van der Waals surface area contributed by atoms with Gasteiger partial charge in [0.1, 0.15) is 17.2 Å². The molecule has 0 aliphatic heterocycles. The van der Waals surface area contributed by atoms with Crippen molar-refractivity contribution in [2.45, 2.75) is 45.2 Å². The standard InChI is InChI=1S/C26H35I2N3O4.ClH/c1-19(16-27)31(20(2)17-28)26(32)24-12-11-23(15-25(24)33-3)35-14-6-4-5-13-34-22-9-7-21(8-10-22)18-30-29;/h7-12,15,18-20H,4-6,13-14,16-17,29H2,1-3H3;1H. The number of rotatable bonds is 15. The van der Waals surface area contributed by atoms with E-state index in [1.807, 2.05) is 41.3 Å². The zero-order chi connectivity index (χ0) is 25.6. The van der Waals surface area contributed by atoms with Crippen LogP contribution in [0.4, 0.5) is 0 Å². The van der Waals surface area contributed by atoms with Gasteiger partial charge in [-0.2, -0.15) is 5.10 Å². The molecule has 2 unspecified atom stereocenters.